The zero-order chi connectivity index (χ0) is 44.7. The second-order valence-electron chi connectivity index (χ2n) is 27.4. The molecular weight excluding hydrogens is 905 g/mol. The Balaban J connectivity index is 1.13. The molecule has 4 nitrogen and oxygen atoms in total. The molecular formula is C70H12O4. The number of carbonyl (C=O) groups is 2. The van der Waals surface area contributed by atoms with Gasteiger partial charge in [0.25, 0.3) is 0 Å². The fraction of sp³-hybridized carbons (Fsp3) is 0.143. The van der Waals surface area contributed by atoms with Gasteiger partial charge in [0, 0.05) is 27.7 Å². The Morgan fingerprint density at radius 1 is 0.338 bits per heavy atom. The van der Waals surface area contributed by atoms with Crippen molar-refractivity contribution in [1.82, 2.24) is 0 Å². The first-order chi connectivity index (χ1) is 36.7. The van der Waals surface area contributed by atoms with Gasteiger partial charge in [-0.2, -0.15) is 0 Å². The molecule has 9 aliphatic rings. The summed E-state index contributed by atoms with van der Waals surface area (Å²) in [5, 5.41) is 77.3. The monoisotopic (exact) mass is 916 g/mol. The Kier molecular flexibility index (Phi) is 2.30. The van der Waals surface area contributed by atoms with Crippen molar-refractivity contribution in [3.63, 3.8) is 0 Å². The first kappa shape index (κ1) is 28.0. The van der Waals surface area contributed by atoms with Crippen LogP contribution in [0.4, 0.5) is 0 Å². The summed E-state index contributed by atoms with van der Waals surface area (Å²) in [6.45, 7) is 4.58. The first-order valence-electron chi connectivity index (χ1n) is 27.8. The fourth-order valence-corrected chi connectivity index (χ4v) is 28.8. The molecule has 4 heteroatoms. The van der Waals surface area contributed by atoms with E-state index in [2.05, 4.69) is 6.08 Å². The maximum Gasteiger partial charge on any atom is 0.334 e. The van der Waals surface area contributed by atoms with Crippen LogP contribution in [0.5, 0.6) is 0 Å². The molecule has 6 atom stereocenters. The fourth-order valence-electron chi connectivity index (χ4n) is 28.8. The molecule has 4 spiro atoms. The molecule has 2 fully saturated rings. The molecule has 26 aromatic carbocycles. The van der Waals surface area contributed by atoms with E-state index in [0.29, 0.717) is 13.2 Å². The number of esters is 2. The lowest BCUT2D eigenvalue weighted by Crippen LogP contribution is -2.44. The average molecular weight is 917 g/mol. The summed E-state index contributed by atoms with van der Waals surface area (Å²) in [7, 11) is 0. The quantitative estimate of drug-likeness (QED) is 0.130. The molecule has 35 rings (SSSR count). The van der Waals surface area contributed by atoms with Gasteiger partial charge in [-0.3, -0.25) is 4.79 Å². The molecule has 0 heterocycles. The third kappa shape index (κ3) is 1.34. The van der Waals surface area contributed by atoms with E-state index in [0.717, 1.165) is 5.57 Å². The van der Waals surface area contributed by atoms with Crippen molar-refractivity contribution in [2.24, 2.45) is 11.3 Å². The van der Waals surface area contributed by atoms with Crippen molar-refractivity contribution in [2.45, 2.75) is 35.5 Å². The van der Waals surface area contributed by atoms with Gasteiger partial charge in [-0.15, -0.1) is 0 Å². The van der Waals surface area contributed by atoms with Crippen LogP contribution in [0.25, 0.3) is 269 Å². The van der Waals surface area contributed by atoms with Crippen LogP contribution in [0.3, 0.4) is 0 Å². The smallest absolute Gasteiger partial charge is 0.334 e. The molecule has 0 bridgehead atoms. The van der Waals surface area contributed by atoms with Crippen LogP contribution in [0.15, 0.2) is 11.6 Å². The Bertz CT molecular complexity index is 7660. The van der Waals surface area contributed by atoms with Crippen molar-refractivity contribution in [3.05, 3.63) is 45.0 Å². The molecule has 0 aliphatic heterocycles. The lowest BCUT2D eigenvalue weighted by atomic mass is 9.58. The summed E-state index contributed by atoms with van der Waals surface area (Å²) in [6, 6.07) is 0. The van der Waals surface area contributed by atoms with Gasteiger partial charge in [-0.25, -0.2) is 4.79 Å². The number of carbonyl (C=O) groups excluding carboxylic acids is 2. The van der Waals surface area contributed by atoms with Gasteiger partial charge in [0.05, 0.1) is 18.6 Å². The van der Waals surface area contributed by atoms with E-state index < -0.39 is 27.1 Å². The van der Waals surface area contributed by atoms with E-state index in [1.807, 2.05) is 13.8 Å². The molecule has 9 aliphatic carbocycles. The molecule has 0 aromatic heterocycles. The van der Waals surface area contributed by atoms with Gasteiger partial charge < -0.3 is 9.47 Å². The van der Waals surface area contributed by atoms with Gasteiger partial charge in [-0.05, 0) is 317 Å². The molecule has 0 N–H and O–H groups in total. The third-order valence-electron chi connectivity index (χ3n) is 28.0. The van der Waals surface area contributed by atoms with Crippen molar-refractivity contribution in [3.8, 4) is 0 Å². The Labute approximate surface area is 403 Å². The van der Waals surface area contributed by atoms with E-state index in [4.69, 9.17) is 9.47 Å². The minimum Gasteiger partial charge on any atom is -0.465 e. The molecule has 6 unspecified atom stereocenters. The minimum absolute atomic E-state index is 0.112. The topological polar surface area (TPSA) is 52.6 Å². The van der Waals surface area contributed by atoms with Crippen molar-refractivity contribution in [2.75, 3.05) is 13.2 Å². The van der Waals surface area contributed by atoms with Gasteiger partial charge >= 0.3 is 11.9 Å². The zero-order valence-electron chi connectivity index (χ0n) is 38.2. The summed E-state index contributed by atoms with van der Waals surface area (Å²) in [5.74, 6) is -0.494. The van der Waals surface area contributed by atoms with Crippen LogP contribution in [0.1, 0.15) is 47.2 Å². The number of ether oxygens (including phenoxy) is 2. The molecule has 316 valence electrons. The largest absolute Gasteiger partial charge is 0.465 e. The Morgan fingerprint density at radius 2 is 0.635 bits per heavy atom. The number of hydrogen-bond acceptors (Lipinski definition) is 4. The highest BCUT2D eigenvalue weighted by molar-refractivity contribution is 6.81. The lowest BCUT2D eigenvalue weighted by Gasteiger charge is -2.42. The van der Waals surface area contributed by atoms with E-state index in [9.17, 15) is 0 Å². The second kappa shape index (κ2) is 6.08. The SMILES string of the molecule is CCOC(=O)C1=CC2(C(=O)OCC)C34c5c6c7c8c9c%10c%11c%12c%13c(c%14c%15c3c3c5c5c7c7c%16c8c8c%10c%10c%11c%11c%13c%13c%14c%14c%15c%15c3c3c5c7c5c7c%16c8c8c%10c%10c%11c%13c%11c%14c%13c%15c3c5c3c%13c%11c%10c8c73)C24C%122C1C692. The third-order valence-corrected chi connectivity index (χ3v) is 28.0. The standard InChI is InChI=1S/C70H12O4/c1-3-73-64(71)6-5-66(65(72)74-4-2)68-58-51-42-35-25-17-10-8-7-9-11-12(10)19-23(17)36(42)44-38-27(19)26-18(11)22-16(9)24-20-13(7)15-14(8)21(25)30-32-28(15)31-29(20)39-33(24)40-34(22)43-37(26)47(38)56-59-50(43)48(40)57-49(39)54-45(31)46(32)55(52(58)41(30)35)62(68)61(54)67(57)63(6)69(59,67)70(66,68)60(56)53(44)51/h5,63H,3-4H2,1-2H3. The van der Waals surface area contributed by atoms with Crippen LogP contribution in [0, 0.1) is 11.3 Å². The van der Waals surface area contributed by atoms with E-state index in [1.54, 1.807) is 167 Å². The first-order valence-corrected chi connectivity index (χ1v) is 27.8. The van der Waals surface area contributed by atoms with Crippen LogP contribution in [-0.4, -0.2) is 25.2 Å². The molecule has 0 amide bonds. The van der Waals surface area contributed by atoms with Gasteiger partial charge in [-0.1, -0.05) is 6.08 Å². The van der Waals surface area contributed by atoms with Crippen molar-refractivity contribution >= 4 is 281 Å². The molecule has 0 radical (unpaired) electrons. The van der Waals surface area contributed by atoms with E-state index >= 15 is 9.59 Å². The van der Waals surface area contributed by atoms with Crippen LogP contribution >= 0.6 is 0 Å². The number of benzene rings is 17. The summed E-state index contributed by atoms with van der Waals surface area (Å²) in [6.07, 6.45) is 2.34. The Morgan fingerprint density at radius 3 is 1.01 bits per heavy atom. The second-order valence-corrected chi connectivity index (χ2v) is 27.4. The highest BCUT2D eigenvalue weighted by Crippen LogP contribution is 3.09. The average Bonchev–Trinajstić information content (AvgIpc) is 3.31. The van der Waals surface area contributed by atoms with Gasteiger partial charge in [0.2, 0.25) is 0 Å². The molecule has 74 heavy (non-hydrogen) atoms. The summed E-state index contributed by atoms with van der Waals surface area (Å²) in [4.78, 5) is 32.8. The number of rotatable bonds is 4. The zero-order valence-corrected chi connectivity index (χ0v) is 38.2. The molecule has 26 aromatic rings. The van der Waals surface area contributed by atoms with E-state index in [1.165, 1.54) is 136 Å². The van der Waals surface area contributed by atoms with Crippen LogP contribution < -0.4 is 0 Å². The normalized spacial score (nSPS) is 29.9. The van der Waals surface area contributed by atoms with Gasteiger partial charge in [0.1, 0.15) is 5.41 Å². The maximum atomic E-state index is 17.0. The minimum atomic E-state index is -1.15. The summed E-state index contributed by atoms with van der Waals surface area (Å²) >= 11 is 0. The highest BCUT2D eigenvalue weighted by atomic mass is 16.5. The molecule has 0 saturated heterocycles. The lowest BCUT2D eigenvalue weighted by molar-refractivity contribution is -0.149. The van der Waals surface area contributed by atoms with Crippen LogP contribution in [-0.2, 0) is 40.7 Å². The highest BCUT2D eigenvalue weighted by Gasteiger charge is 3.12. The van der Waals surface area contributed by atoms with Crippen molar-refractivity contribution in [1.29, 1.82) is 0 Å². The number of hydrogen-bond donors (Lipinski definition) is 0. The predicted octanol–water partition coefficient (Wildman–Crippen LogP) is 15.9. The van der Waals surface area contributed by atoms with Crippen LogP contribution in [0.2, 0.25) is 0 Å². The van der Waals surface area contributed by atoms with Gasteiger partial charge in [0.15, 0.2) is 0 Å². The predicted molar refractivity (Wildman–Crippen MR) is 296 cm³/mol. The molecule has 2 saturated carbocycles. The van der Waals surface area contributed by atoms with Crippen molar-refractivity contribution < 1.29 is 19.1 Å². The maximum absolute atomic E-state index is 17.0. The van der Waals surface area contributed by atoms with E-state index in [-0.39, 0.29) is 17.9 Å². The Hall–Kier alpha value is -8.60. The summed E-state index contributed by atoms with van der Waals surface area (Å²) < 4.78 is 13.3. The summed E-state index contributed by atoms with van der Waals surface area (Å²) in [5.41, 5.74) is 6.13.